The van der Waals surface area contributed by atoms with Gasteiger partial charge in [0.15, 0.2) is 0 Å². The van der Waals surface area contributed by atoms with Gasteiger partial charge in [0.1, 0.15) is 0 Å². The molecule has 1 atom stereocenters. The molecule has 0 bridgehead atoms. The standard InChI is InChI=1S/C10H18F3N/c1-8(7-9-3-4-9)14-6-2-5-10(11,12)13/h8-9,14H,2-7H2,1H3. The van der Waals surface area contributed by atoms with Crippen LogP contribution in [0, 0.1) is 5.92 Å². The highest BCUT2D eigenvalue weighted by atomic mass is 19.4. The molecule has 1 aliphatic carbocycles. The van der Waals surface area contributed by atoms with Crippen LogP contribution in [0.5, 0.6) is 0 Å². The van der Waals surface area contributed by atoms with Crippen LogP contribution in [0.25, 0.3) is 0 Å². The zero-order valence-electron chi connectivity index (χ0n) is 8.53. The van der Waals surface area contributed by atoms with Crippen molar-refractivity contribution in [3.8, 4) is 0 Å². The molecule has 0 radical (unpaired) electrons. The first-order valence-corrected chi connectivity index (χ1v) is 5.27. The largest absolute Gasteiger partial charge is 0.389 e. The van der Waals surface area contributed by atoms with E-state index in [0.717, 1.165) is 12.3 Å². The Hall–Kier alpha value is -0.250. The molecule has 0 aromatic rings. The summed E-state index contributed by atoms with van der Waals surface area (Å²) < 4.78 is 35.3. The summed E-state index contributed by atoms with van der Waals surface area (Å²) in [6.45, 7) is 2.53. The van der Waals surface area contributed by atoms with E-state index in [-0.39, 0.29) is 6.42 Å². The molecule has 0 heterocycles. The number of halogens is 3. The second-order valence-corrected chi connectivity index (χ2v) is 4.25. The second-order valence-electron chi connectivity index (χ2n) is 4.25. The van der Waals surface area contributed by atoms with Gasteiger partial charge >= 0.3 is 6.18 Å². The van der Waals surface area contributed by atoms with Crippen LogP contribution in [0.4, 0.5) is 13.2 Å². The van der Waals surface area contributed by atoms with Crippen LogP contribution in [0.2, 0.25) is 0 Å². The van der Waals surface area contributed by atoms with Crippen LogP contribution in [0.3, 0.4) is 0 Å². The molecule has 1 unspecified atom stereocenters. The van der Waals surface area contributed by atoms with Crippen molar-refractivity contribution in [2.45, 2.75) is 51.2 Å². The highest BCUT2D eigenvalue weighted by Crippen LogP contribution is 2.33. The van der Waals surface area contributed by atoms with Gasteiger partial charge in [0, 0.05) is 12.5 Å². The molecule has 0 aliphatic heterocycles. The third-order valence-corrected chi connectivity index (χ3v) is 2.51. The van der Waals surface area contributed by atoms with E-state index in [1.54, 1.807) is 0 Å². The third-order valence-electron chi connectivity index (χ3n) is 2.51. The van der Waals surface area contributed by atoms with Gasteiger partial charge in [0.2, 0.25) is 0 Å². The fraction of sp³-hybridized carbons (Fsp3) is 1.00. The van der Waals surface area contributed by atoms with E-state index >= 15 is 0 Å². The summed E-state index contributed by atoms with van der Waals surface area (Å²) in [5.74, 6) is 0.833. The Balaban J connectivity index is 1.91. The van der Waals surface area contributed by atoms with Crippen LogP contribution < -0.4 is 5.32 Å². The lowest BCUT2D eigenvalue weighted by atomic mass is 10.1. The van der Waals surface area contributed by atoms with E-state index in [0.29, 0.717) is 12.6 Å². The van der Waals surface area contributed by atoms with Crippen molar-refractivity contribution in [1.29, 1.82) is 0 Å². The van der Waals surface area contributed by atoms with Gasteiger partial charge in [-0.3, -0.25) is 0 Å². The monoisotopic (exact) mass is 209 g/mol. The first kappa shape index (κ1) is 11.8. The molecule has 1 nitrogen and oxygen atoms in total. The molecule has 0 amide bonds. The van der Waals surface area contributed by atoms with E-state index in [9.17, 15) is 13.2 Å². The normalized spacial score (nSPS) is 19.7. The molecule has 1 saturated carbocycles. The van der Waals surface area contributed by atoms with Gasteiger partial charge in [0.25, 0.3) is 0 Å². The molecule has 0 spiro atoms. The molecule has 0 aromatic heterocycles. The molecular weight excluding hydrogens is 191 g/mol. The van der Waals surface area contributed by atoms with Crippen LogP contribution in [-0.2, 0) is 0 Å². The second kappa shape index (κ2) is 5.01. The zero-order chi connectivity index (χ0) is 10.6. The number of hydrogen-bond donors (Lipinski definition) is 1. The minimum atomic E-state index is -4.00. The van der Waals surface area contributed by atoms with E-state index in [2.05, 4.69) is 5.32 Å². The summed E-state index contributed by atoms with van der Waals surface area (Å²) >= 11 is 0. The van der Waals surface area contributed by atoms with Gasteiger partial charge in [-0.25, -0.2) is 0 Å². The molecule has 1 aliphatic rings. The predicted octanol–water partition coefficient (Wildman–Crippen LogP) is 3.11. The maximum atomic E-state index is 11.8. The van der Waals surface area contributed by atoms with Crippen molar-refractivity contribution in [2.75, 3.05) is 6.54 Å². The molecular formula is C10H18F3N. The van der Waals surface area contributed by atoms with Gasteiger partial charge in [-0.05, 0) is 32.2 Å². The highest BCUT2D eigenvalue weighted by Gasteiger charge is 2.26. The minimum Gasteiger partial charge on any atom is -0.314 e. The van der Waals surface area contributed by atoms with Crippen LogP contribution in [0.1, 0.15) is 39.0 Å². The summed E-state index contributed by atoms with van der Waals surface area (Å²) in [5.41, 5.74) is 0. The Bertz CT molecular complexity index is 163. The topological polar surface area (TPSA) is 12.0 Å². The number of rotatable bonds is 6. The third kappa shape index (κ3) is 6.24. The molecule has 1 fully saturated rings. The van der Waals surface area contributed by atoms with Gasteiger partial charge in [-0.1, -0.05) is 12.8 Å². The van der Waals surface area contributed by atoms with E-state index in [1.165, 1.54) is 12.8 Å². The quantitative estimate of drug-likeness (QED) is 0.663. The Morgan fingerprint density at radius 1 is 1.36 bits per heavy atom. The lowest BCUT2D eigenvalue weighted by Crippen LogP contribution is -2.28. The molecule has 14 heavy (non-hydrogen) atoms. The Morgan fingerprint density at radius 2 is 2.00 bits per heavy atom. The molecule has 1 rings (SSSR count). The van der Waals surface area contributed by atoms with Crippen molar-refractivity contribution < 1.29 is 13.2 Å². The first-order valence-electron chi connectivity index (χ1n) is 5.27. The summed E-state index contributed by atoms with van der Waals surface area (Å²) in [6, 6.07) is 0.371. The fourth-order valence-electron chi connectivity index (χ4n) is 1.57. The predicted molar refractivity (Wildman–Crippen MR) is 50.1 cm³/mol. The maximum Gasteiger partial charge on any atom is 0.389 e. The van der Waals surface area contributed by atoms with Gasteiger partial charge in [-0.15, -0.1) is 0 Å². The molecule has 4 heteroatoms. The smallest absolute Gasteiger partial charge is 0.314 e. The number of nitrogens with one attached hydrogen (secondary N) is 1. The summed E-state index contributed by atoms with van der Waals surface area (Å²) in [7, 11) is 0. The highest BCUT2D eigenvalue weighted by molar-refractivity contribution is 4.77. The summed E-state index contributed by atoms with van der Waals surface area (Å²) in [6.07, 6.45) is -0.759. The zero-order valence-corrected chi connectivity index (χ0v) is 8.53. The Labute approximate surface area is 83.1 Å². The molecule has 0 saturated heterocycles. The van der Waals surface area contributed by atoms with Crippen LogP contribution in [-0.4, -0.2) is 18.8 Å². The van der Waals surface area contributed by atoms with Gasteiger partial charge < -0.3 is 5.32 Å². The maximum absolute atomic E-state index is 11.8. The Kier molecular flexibility index (Phi) is 4.23. The van der Waals surface area contributed by atoms with Gasteiger partial charge in [0.05, 0.1) is 0 Å². The van der Waals surface area contributed by atoms with Crippen molar-refractivity contribution in [3.05, 3.63) is 0 Å². The minimum absolute atomic E-state index is 0.193. The Morgan fingerprint density at radius 3 is 2.50 bits per heavy atom. The van der Waals surface area contributed by atoms with Crippen molar-refractivity contribution in [3.63, 3.8) is 0 Å². The summed E-state index contributed by atoms with van der Waals surface area (Å²) in [5, 5.41) is 3.13. The fourth-order valence-corrected chi connectivity index (χ4v) is 1.57. The molecule has 84 valence electrons. The average Bonchev–Trinajstić information content (AvgIpc) is 2.80. The lowest BCUT2D eigenvalue weighted by molar-refractivity contribution is -0.135. The van der Waals surface area contributed by atoms with Crippen molar-refractivity contribution >= 4 is 0 Å². The van der Waals surface area contributed by atoms with E-state index in [1.807, 2.05) is 6.92 Å². The van der Waals surface area contributed by atoms with Crippen molar-refractivity contribution in [1.82, 2.24) is 5.32 Å². The summed E-state index contributed by atoms with van der Waals surface area (Å²) in [4.78, 5) is 0. The SMILES string of the molecule is CC(CC1CC1)NCCCC(F)(F)F. The first-order chi connectivity index (χ1) is 6.47. The van der Waals surface area contributed by atoms with E-state index < -0.39 is 12.6 Å². The van der Waals surface area contributed by atoms with Crippen LogP contribution >= 0.6 is 0 Å². The molecule has 0 aromatic carbocycles. The lowest BCUT2D eigenvalue weighted by Gasteiger charge is -2.13. The number of alkyl halides is 3. The van der Waals surface area contributed by atoms with Crippen molar-refractivity contribution in [2.24, 2.45) is 5.92 Å². The van der Waals surface area contributed by atoms with E-state index in [4.69, 9.17) is 0 Å². The molecule has 1 N–H and O–H groups in total. The van der Waals surface area contributed by atoms with Crippen LogP contribution in [0.15, 0.2) is 0 Å². The number of hydrogen-bond acceptors (Lipinski definition) is 1. The average molecular weight is 209 g/mol. The van der Waals surface area contributed by atoms with Gasteiger partial charge in [-0.2, -0.15) is 13.2 Å².